The van der Waals surface area contributed by atoms with Crippen LogP contribution in [0.5, 0.6) is 5.75 Å². The molecule has 1 amide bonds. The Bertz CT molecular complexity index is 570. The highest BCUT2D eigenvalue weighted by Crippen LogP contribution is 2.23. The van der Waals surface area contributed by atoms with Crippen LogP contribution in [0.2, 0.25) is 0 Å². The Kier molecular flexibility index (Phi) is 5.06. The molecule has 0 aliphatic carbocycles. The minimum Gasteiger partial charge on any atom is -0.483 e. The average molecular weight is 305 g/mol. The van der Waals surface area contributed by atoms with Gasteiger partial charge in [-0.15, -0.1) is 0 Å². The summed E-state index contributed by atoms with van der Waals surface area (Å²) in [6.07, 6.45) is 1.34. The molecule has 1 aromatic carbocycles. The molecule has 120 valence electrons. The summed E-state index contributed by atoms with van der Waals surface area (Å²) < 4.78 is 5.58. The molecule has 22 heavy (non-hydrogen) atoms. The fourth-order valence-electron chi connectivity index (χ4n) is 2.86. The predicted molar refractivity (Wildman–Crippen MR) is 82.9 cm³/mol. The van der Waals surface area contributed by atoms with Gasteiger partial charge in [-0.2, -0.15) is 0 Å². The molecule has 0 saturated carbocycles. The van der Waals surface area contributed by atoms with E-state index < -0.39 is 12.0 Å². The molecule has 1 saturated heterocycles. The summed E-state index contributed by atoms with van der Waals surface area (Å²) in [4.78, 5) is 25.1. The largest absolute Gasteiger partial charge is 0.483 e. The Hall–Kier alpha value is -2.04. The summed E-state index contributed by atoms with van der Waals surface area (Å²) in [5, 5.41) is 9.30. The lowest BCUT2D eigenvalue weighted by Gasteiger charge is -2.35. The monoisotopic (exact) mass is 305 g/mol. The predicted octanol–water partition coefficient (Wildman–Crippen LogP) is 2.39. The van der Waals surface area contributed by atoms with Crippen LogP contribution in [0, 0.1) is 19.8 Å². The molecule has 1 fully saturated rings. The van der Waals surface area contributed by atoms with E-state index in [1.54, 1.807) is 0 Å². The van der Waals surface area contributed by atoms with E-state index in [0.717, 1.165) is 17.5 Å². The summed E-state index contributed by atoms with van der Waals surface area (Å²) >= 11 is 0. The third-order valence-electron chi connectivity index (χ3n) is 4.15. The lowest BCUT2D eigenvalue weighted by molar-refractivity contribution is -0.153. The van der Waals surface area contributed by atoms with Crippen molar-refractivity contribution in [3.05, 3.63) is 29.3 Å². The highest BCUT2D eigenvalue weighted by atomic mass is 16.5. The third-order valence-corrected chi connectivity index (χ3v) is 4.15. The number of nitrogens with zero attached hydrogens (tertiary/aromatic N) is 1. The van der Waals surface area contributed by atoms with Crippen LogP contribution in [0.4, 0.5) is 0 Å². The van der Waals surface area contributed by atoms with Gasteiger partial charge in [-0.1, -0.05) is 24.6 Å². The Labute approximate surface area is 130 Å². The lowest BCUT2D eigenvalue weighted by Crippen LogP contribution is -2.51. The van der Waals surface area contributed by atoms with Gasteiger partial charge in [0.2, 0.25) is 0 Å². The molecule has 0 aromatic heterocycles. The molecule has 1 aliphatic rings. The van der Waals surface area contributed by atoms with Crippen LogP contribution in [0.15, 0.2) is 18.2 Å². The van der Waals surface area contributed by atoms with Gasteiger partial charge >= 0.3 is 5.97 Å². The van der Waals surface area contributed by atoms with Gasteiger partial charge in [0.1, 0.15) is 11.8 Å². The molecule has 1 heterocycles. The van der Waals surface area contributed by atoms with Gasteiger partial charge in [-0.05, 0) is 44.2 Å². The van der Waals surface area contributed by atoms with E-state index in [-0.39, 0.29) is 12.5 Å². The van der Waals surface area contributed by atoms with Crippen molar-refractivity contribution in [1.82, 2.24) is 4.90 Å². The Morgan fingerprint density at radius 3 is 2.73 bits per heavy atom. The van der Waals surface area contributed by atoms with E-state index >= 15 is 0 Å². The fourth-order valence-corrected chi connectivity index (χ4v) is 2.86. The first-order chi connectivity index (χ1) is 10.4. The average Bonchev–Trinajstić information content (AvgIpc) is 2.45. The molecule has 2 unspecified atom stereocenters. The van der Waals surface area contributed by atoms with E-state index in [2.05, 4.69) is 0 Å². The molecular formula is C17H23NO4. The Balaban J connectivity index is 2.00. The quantitative estimate of drug-likeness (QED) is 0.927. The second kappa shape index (κ2) is 6.81. The molecule has 1 aromatic rings. The number of amides is 1. The van der Waals surface area contributed by atoms with Crippen molar-refractivity contribution in [1.29, 1.82) is 0 Å². The van der Waals surface area contributed by atoms with Crippen molar-refractivity contribution in [2.75, 3.05) is 13.2 Å². The van der Waals surface area contributed by atoms with Crippen molar-refractivity contribution in [2.45, 2.75) is 39.7 Å². The van der Waals surface area contributed by atoms with Gasteiger partial charge in [-0.25, -0.2) is 4.79 Å². The minimum atomic E-state index is -0.939. The smallest absolute Gasteiger partial charge is 0.326 e. The third kappa shape index (κ3) is 3.78. The van der Waals surface area contributed by atoms with Crippen LogP contribution in [0.25, 0.3) is 0 Å². The van der Waals surface area contributed by atoms with Crippen LogP contribution in [-0.4, -0.2) is 41.1 Å². The lowest BCUT2D eigenvalue weighted by atomic mass is 9.92. The molecule has 2 rings (SSSR count). The maximum Gasteiger partial charge on any atom is 0.326 e. The molecule has 1 N–H and O–H groups in total. The second-order valence-electron chi connectivity index (χ2n) is 6.13. The first-order valence-electron chi connectivity index (χ1n) is 7.61. The number of benzene rings is 1. The van der Waals surface area contributed by atoms with Gasteiger partial charge in [0.15, 0.2) is 6.61 Å². The highest BCUT2D eigenvalue weighted by molar-refractivity contribution is 5.84. The molecule has 0 radical (unpaired) electrons. The molecular weight excluding hydrogens is 282 g/mol. The fraction of sp³-hybridized carbons (Fsp3) is 0.529. The number of hydrogen-bond donors (Lipinski definition) is 1. The van der Waals surface area contributed by atoms with Gasteiger partial charge < -0.3 is 14.7 Å². The van der Waals surface area contributed by atoms with Crippen LogP contribution in [-0.2, 0) is 9.59 Å². The number of carbonyl (C=O) groups is 2. The van der Waals surface area contributed by atoms with Gasteiger partial charge in [0, 0.05) is 6.54 Å². The van der Waals surface area contributed by atoms with Crippen LogP contribution in [0.1, 0.15) is 30.9 Å². The van der Waals surface area contributed by atoms with Crippen molar-refractivity contribution >= 4 is 11.9 Å². The number of ether oxygens (including phenoxy) is 1. The highest BCUT2D eigenvalue weighted by Gasteiger charge is 2.34. The number of rotatable bonds is 4. The van der Waals surface area contributed by atoms with E-state index in [1.807, 2.05) is 39.0 Å². The summed E-state index contributed by atoms with van der Waals surface area (Å²) in [5.74, 6) is -0.215. The maximum absolute atomic E-state index is 12.3. The number of carboxylic acids is 1. The molecule has 1 aliphatic heterocycles. The Morgan fingerprint density at radius 1 is 1.36 bits per heavy atom. The number of hydrogen-bond acceptors (Lipinski definition) is 3. The zero-order valence-corrected chi connectivity index (χ0v) is 13.3. The first kappa shape index (κ1) is 16.3. The topological polar surface area (TPSA) is 66.8 Å². The van der Waals surface area contributed by atoms with Crippen LogP contribution >= 0.6 is 0 Å². The molecule has 2 atom stereocenters. The van der Waals surface area contributed by atoms with Crippen LogP contribution < -0.4 is 4.74 Å². The van der Waals surface area contributed by atoms with E-state index in [9.17, 15) is 14.7 Å². The van der Waals surface area contributed by atoms with Crippen molar-refractivity contribution in [3.8, 4) is 5.75 Å². The second-order valence-corrected chi connectivity index (χ2v) is 6.13. The van der Waals surface area contributed by atoms with Crippen LogP contribution in [0.3, 0.4) is 0 Å². The van der Waals surface area contributed by atoms with Crippen molar-refractivity contribution < 1.29 is 19.4 Å². The number of carboxylic acid groups (broad SMARTS) is 1. The van der Waals surface area contributed by atoms with Gasteiger partial charge in [0.05, 0.1) is 0 Å². The molecule has 0 spiro atoms. The zero-order valence-electron chi connectivity index (χ0n) is 13.3. The number of aliphatic carboxylic acids is 1. The van der Waals surface area contributed by atoms with E-state index in [0.29, 0.717) is 24.6 Å². The summed E-state index contributed by atoms with van der Waals surface area (Å²) in [6.45, 7) is 6.29. The van der Waals surface area contributed by atoms with Gasteiger partial charge in [-0.3, -0.25) is 4.79 Å². The SMILES string of the molecule is Cc1ccc(OCC(=O)N2CCC(C)CC2C(=O)O)c(C)c1. The molecule has 0 bridgehead atoms. The standard InChI is InChI=1S/C17H23NO4/c1-11-4-5-15(13(3)8-11)22-10-16(19)18-7-6-12(2)9-14(18)17(20)21/h4-5,8,12,14H,6-7,9-10H2,1-3H3,(H,20,21). The maximum atomic E-state index is 12.3. The first-order valence-corrected chi connectivity index (χ1v) is 7.61. The van der Waals surface area contributed by atoms with Crippen molar-refractivity contribution in [2.24, 2.45) is 5.92 Å². The minimum absolute atomic E-state index is 0.123. The van der Waals surface area contributed by atoms with Gasteiger partial charge in [0.25, 0.3) is 5.91 Å². The van der Waals surface area contributed by atoms with E-state index in [4.69, 9.17) is 4.74 Å². The molecule has 5 nitrogen and oxygen atoms in total. The van der Waals surface area contributed by atoms with E-state index in [1.165, 1.54) is 4.90 Å². The number of carbonyl (C=O) groups excluding carboxylic acids is 1. The normalized spacial score (nSPS) is 21.5. The Morgan fingerprint density at radius 2 is 2.09 bits per heavy atom. The zero-order chi connectivity index (χ0) is 16.3. The number of aryl methyl sites for hydroxylation is 2. The molecule has 5 heteroatoms. The number of piperidine rings is 1. The summed E-state index contributed by atoms with van der Waals surface area (Å²) in [5.41, 5.74) is 2.10. The number of likely N-dealkylation sites (tertiary alicyclic amines) is 1. The summed E-state index contributed by atoms with van der Waals surface area (Å²) in [7, 11) is 0. The van der Waals surface area contributed by atoms with Crippen molar-refractivity contribution in [3.63, 3.8) is 0 Å². The summed E-state index contributed by atoms with van der Waals surface area (Å²) in [6, 6.07) is 5.02.